The number of esters is 1. The highest BCUT2D eigenvalue weighted by molar-refractivity contribution is 6.29. The number of aromatic nitrogens is 2. The second kappa shape index (κ2) is 10.5. The van der Waals surface area contributed by atoms with E-state index in [-0.39, 0.29) is 18.2 Å². The zero-order valence-corrected chi connectivity index (χ0v) is 17.4. The maximum atomic E-state index is 12.2. The van der Waals surface area contributed by atoms with Crippen molar-refractivity contribution in [2.24, 2.45) is 0 Å². The fourth-order valence-corrected chi connectivity index (χ4v) is 2.50. The number of carbonyl (C=O) groups is 2. The summed E-state index contributed by atoms with van der Waals surface area (Å²) >= 11 is 5.69. The molecule has 0 aliphatic heterocycles. The topological polar surface area (TPSA) is 103 Å². The highest BCUT2D eigenvalue weighted by Gasteiger charge is 2.19. The predicted octanol–water partition coefficient (Wildman–Crippen LogP) is 1.83. The van der Waals surface area contributed by atoms with Gasteiger partial charge in [0.15, 0.2) is 28.6 Å². The Balaban J connectivity index is 1.83. The third kappa shape index (κ3) is 6.49. The molecule has 0 aliphatic rings. The first-order valence-corrected chi connectivity index (χ1v) is 9.10. The van der Waals surface area contributed by atoms with Gasteiger partial charge in [0.1, 0.15) is 6.54 Å². The Morgan fingerprint density at radius 2 is 1.86 bits per heavy atom. The fourth-order valence-electron chi connectivity index (χ4n) is 2.40. The Morgan fingerprint density at radius 3 is 2.48 bits per heavy atom. The summed E-state index contributed by atoms with van der Waals surface area (Å²) in [7, 11) is 4.74. The second-order valence-corrected chi connectivity index (χ2v) is 6.50. The molecular formula is C19H23ClN4O5. The van der Waals surface area contributed by atoms with Gasteiger partial charge in [-0.3, -0.25) is 9.59 Å². The maximum Gasteiger partial charge on any atom is 0.326 e. The molecule has 1 amide bonds. The molecule has 1 aromatic carbocycles. The summed E-state index contributed by atoms with van der Waals surface area (Å²) in [5.41, 5.74) is 0.815. The number of ether oxygens (including phenoxy) is 3. The van der Waals surface area contributed by atoms with E-state index in [1.54, 1.807) is 49.4 Å². The van der Waals surface area contributed by atoms with E-state index >= 15 is 0 Å². The van der Waals surface area contributed by atoms with Gasteiger partial charge in [0.25, 0.3) is 5.91 Å². The molecule has 156 valence electrons. The first kappa shape index (κ1) is 22.2. The molecule has 0 saturated carbocycles. The summed E-state index contributed by atoms with van der Waals surface area (Å²) in [5.74, 6) is 0.628. The Hall–Kier alpha value is -3.07. The first-order valence-electron chi connectivity index (χ1n) is 8.72. The zero-order valence-electron chi connectivity index (χ0n) is 16.6. The van der Waals surface area contributed by atoms with Crippen molar-refractivity contribution in [2.45, 2.75) is 19.6 Å². The number of amides is 1. The SMILES string of the molecule is COc1ccc(CNC(=O)C(C)OC(=O)CN(C)c2ccc(Cl)nn2)cc1OC. The first-order chi connectivity index (χ1) is 13.8. The van der Waals surface area contributed by atoms with Gasteiger partial charge in [-0.25, -0.2) is 0 Å². The number of methoxy groups -OCH3 is 2. The number of carbonyl (C=O) groups excluding carboxylic acids is 2. The van der Waals surface area contributed by atoms with E-state index in [2.05, 4.69) is 15.5 Å². The van der Waals surface area contributed by atoms with Gasteiger partial charge in [0.2, 0.25) is 0 Å². The van der Waals surface area contributed by atoms with Crippen LogP contribution in [-0.4, -0.2) is 56.0 Å². The predicted molar refractivity (Wildman–Crippen MR) is 107 cm³/mol. The van der Waals surface area contributed by atoms with Crippen LogP contribution in [0.5, 0.6) is 11.5 Å². The summed E-state index contributed by atoms with van der Waals surface area (Å²) in [6.45, 7) is 1.66. The van der Waals surface area contributed by atoms with Crippen molar-refractivity contribution >= 4 is 29.3 Å². The molecule has 0 radical (unpaired) electrons. The standard InChI is InChI=1S/C19H23ClN4O5/c1-12(29-18(25)11-24(2)17-8-7-16(20)22-23-17)19(26)21-10-13-5-6-14(27-3)15(9-13)28-4/h5-9,12H,10-11H2,1-4H3,(H,21,26). The van der Waals surface area contributed by atoms with E-state index in [0.29, 0.717) is 17.3 Å². The fraction of sp³-hybridized carbons (Fsp3) is 0.368. The third-order valence-electron chi connectivity index (χ3n) is 3.97. The molecule has 9 nitrogen and oxygen atoms in total. The van der Waals surface area contributed by atoms with E-state index in [1.165, 1.54) is 14.0 Å². The molecule has 1 N–H and O–H groups in total. The lowest BCUT2D eigenvalue weighted by Gasteiger charge is -2.18. The van der Waals surface area contributed by atoms with Gasteiger partial charge in [-0.2, -0.15) is 0 Å². The van der Waals surface area contributed by atoms with Crippen molar-refractivity contribution in [2.75, 3.05) is 32.7 Å². The minimum absolute atomic E-state index is 0.0936. The van der Waals surface area contributed by atoms with Gasteiger partial charge in [-0.15, -0.1) is 10.2 Å². The van der Waals surface area contributed by atoms with Crippen LogP contribution >= 0.6 is 11.6 Å². The lowest BCUT2D eigenvalue weighted by molar-refractivity contribution is -0.153. The average molecular weight is 423 g/mol. The Labute approximate surface area is 173 Å². The molecule has 0 bridgehead atoms. The molecule has 0 spiro atoms. The van der Waals surface area contributed by atoms with E-state index in [0.717, 1.165) is 5.56 Å². The lowest BCUT2D eigenvalue weighted by atomic mass is 10.2. The highest BCUT2D eigenvalue weighted by Crippen LogP contribution is 2.27. The Bertz CT molecular complexity index is 847. The molecule has 29 heavy (non-hydrogen) atoms. The molecular weight excluding hydrogens is 400 g/mol. The van der Waals surface area contributed by atoms with Crippen LogP contribution in [0.1, 0.15) is 12.5 Å². The van der Waals surface area contributed by atoms with Crippen LogP contribution in [0.15, 0.2) is 30.3 Å². The Kier molecular flexibility index (Phi) is 8.02. The minimum Gasteiger partial charge on any atom is -0.493 e. The summed E-state index contributed by atoms with van der Waals surface area (Å²) in [6, 6.07) is 8.51. The lowest BCUT2D eigenvalue weighted by Crippen LogP contribution is -2.38. The normalized spacial score (nSPS) is 11.3. The van der Waals surface area contributed by atoms with Gasteiger partial charge in [-0.1, -0.05) is 17.7 Å². The number of nitrogens with zero attached hydrogens (tertiary/aromatic N) is 3. The van der Waals surface area contributed by atoms with Gasteiger partial charge >= 0.3 is 5.97 Å². The second-order valence-electron chi connectivity index (χ2n) is 6.11. The molecule has 0 aliphatic carbocycles. The van der Waals surface area contributed by atoms with E-state index in [9.17, 15) is 9.59 Å². The summed E-state index contributed by atoms with van der Waals surface area (Å²) in [5, 5.41) is 10.6. The molecule has 2 aromatic rings. The number of benzene rings is 1. The number of hydrogen-bond acceptors (Lipinski definition) is 8. The monoisotopic (exact) mass is 422 g/mol. The molecule has 0 fully saturated rings. The quantitative estimate of drug-likeness (QED) is 0.610. The van der Waals surface area contributed by atoms with E-state index in [1.807, 2.05) is 0 Å². The number of nitrogens with one attached hydrogen (secondary N) is 1. The summed E-state index contributed by atoms with van der Waals surface area (Å²) in [4.78, 5) is 25.9. The molecule has 1 aromatic heterocycles. The zero-order chi connectivity index (χ0) is 21.4. The van der Waals surface area contributed by atoms with Crippen molar-refractivity contribution in [3.8, 4) is 11.5 Å². The van der Waals surface area contributed by atoms with Crippen LogP contribution in [0, 0.1) is 0 Å². The molecule has 1 atom stereocenters. The molecule has 1 heterocycles. The largest absolute Gasteiger partial charge is 0.493 e. The van der Waals surface area contributed by atoms with Crippen LogP contribution in [-0.2, 0) is 20.9 Å². The Morgan fingerprint density at radius 1 is 1.14 bits per heavy atom. The van der Waals surface area contributed by atoms with E-state index < -0.39 is 18.0 Å². The summed E-state index contributed by atoms with van der Waals surface area (Å²) < 4.78 is 15.6. The van der Waals surface area contributed by atoms with Crippen molar-refractivity contribution in [1.29, 1.82) is 0 Å². The highest BCUT2D eigenvalue weighted by atomic mass is 35.5. The molecule has 10 heteroatoms. The van der Waals surface area contributed by atoms with Gasteiger partial charge in [0.05, 0.1) is 14.2 Å². The van der Waals surface area contributed by atoms with Crippen LogP contribution in [0.4, 0.5) is 5.82 Å². The maximum absolute atomic E-state index is 12.2. The van der Waals surface area contributed by atoms with Crippen LogP contribution < -0.4 is 19.7 Å². The van der Waals surface area contributed by atoms with Crippen molar-refractivity contribution < 1.29 is 23.8 Å². The average Bonchev–Trinajstić information content (AvgIpc) is 2.71. The third-order valence-corrected chi connectivity index (χ3v) is 4.17. The molecule has 2 rings (SSSR count). The molecule has 0 saturated heterocycles. The van der Waals surface area contributed by atoms with Crippen LogP contribution in [0.25, 0.3) is 0 Å². The van der Waals surface area contributed by atoms with Crippen molar-refractivity contribution in [3.63, 3.8) is 0 Å². The number of anilines is 1. The van der Waals surface area contributed by atoms with Crippen LogP contribution in [0.3, 0.4) is 0 Å². The van der Waals surface area contributed by atoms with Gasteiger partial charge in [0, 0.05) is 13.6 Å². The van der Waals surface area contributed by atoms with E-state index in [4.69, 9.17) is 25.8 Å². The number of rotatable bonds is 9. The van der Waals surface area contributed by atoms with Crippen molar-refractivity contribution in [1.82, 2.24) is 15.5 Å². The summed E-state index contributed by atoms with van der Waals surface area (Å²) in [6.07, 6.45) is -0.952. The number of likely N-dealkylation sites (N-methyl/N-ethyl adjacent to an activating group) is 1. The smallest absolute Gasteiger partial charge is 0.326 e. The minimum atomic E-state index is -0.952. The molecule has 1 unspecified atom stereocenters. The number of hydrogen-bond donors (Lipinski definition) is 1. The van der Waals surface area contributed by atoms with Gasteiger partial charge in [-0.05, 0) is 36.8 Å². The number of halogens is 1. The van der Waals surface area contributed by atoms with Gasteiger partial charge < -0.3 is 24.4 Å². The van der Waals surface area contributed by atoms with Crippen LogP contribution in [0.2, 0.25) is 5.15 Å². The van der Waals surface area contributed by atoms with Crippen molar-refractivity contribution in [3.05, 3.63) is 41.0 Å².